The molecule has 0 aliphatic rings. The van der Waals surface area contributed by atoms with E-state index in [0.29, 0.717) is 0 Å². The molecule has 1 heterocycles. The molecule has 0 bridgehead atoms. The molecule has 0 saturated carbocycles. The van der Waals surface area contributed by atoms with Gasteiger partial charge in [-0.05, 0) is 31.5 Å². The molecule has 0 atom stereocenters. The molecule has 2 nitrogen and oxygen atoms in total. The van der Waals surface area contributed by atoms with Crippen LogP contribution in [0.4, 0.5) is 0 Å². The second-order valence-corrected chi connectivity index (χ2v) is 4.90. The largest absolute Gasteiger partial charge is 0.317 e. The Bertz CT molecular complexity index is 557. The lowest BCUT2D eigenvalue weighted by Gasteiger charge is -2.05. The predicted molar refractivity (Wildman–Crippen MR) is 84.9 cm³/mol. The van der Waals surface area contributed by atoms with Crippen molar-refractivity contribution in [3.63, 3.8) is 0 Å². The molecule has 1 aromatic heterocycles. The van der Waals surface area contributed by atoms with E-state index >= 15 is 0 Å². The Labute approximate surface area is 127 Å². The van der Waals surface area contributed by atoms with Gasteiger partial charge in [-0.25, -0.2) is 0 Å². The van der Waals surface area contributed by atoms with Gasteiger partial charge in [-0.1, -0.05) is 23.7 Å². The fraction of sp³-hybridized carbons (Fsp3) is 0.308. The average molecular weight is 348 g/mol. The van der Waals surface area contributed by atoms with Crippen LogP contribution in [0.1, 0.15) is 13.8 Å². The second kappa shape index (κ2) is 7.12. The predicted octanol–water partition coefficient (Wildman–Crippen LogP) is 4.39. The van der Waals surface area contributed by atoms with E-state index < -0.39 is 0 Å². The van der Waals surface area contributed by atoms with Crippen molar-refractivity contribution < 1.29 is 0 Å². The van der Waals surface area contributed by atoms with Gasteiger partial charge < -0.3 is 4.57 Å². The molecule has 0 unspecified atom stereocenters. The zero-order valence-corrected chi connectivity index (χ0v) is 13.7. The van der Waals surface area contributed by atoms with E-state index in [1.807, 2.05) is 24.3 Å². The standard InChI is InChI=1S/C13H15ClN2S.BrH/c1-3-15-13-16(4-2)12(9-17-13)10-5-7-11(14)8-6-10;/h5-9H,3-4H2,1-2H3;1H. The van der Waals surface area contributed by atoms with Gasteiger partial charge in [0.25, 0.3) is 0 Å². The average Bonchev–Trinajstić information content (AvgIpc) is 2.73. The lowest BCUT2D eigenvalue weighted by atomic mass is 10.2. The van der Waals surface area contributed by atoms with Crippen LogP contribution in [-0.2, 0) is 6.54 Å². The summed E-state index contributed by atoms with van der Waals surface area (Å²) in [6.07, 6.45) is 0. The summed E-state index contributed by atoms with van der Waals surface area (Å²) in [5, 5.41) is 2.92. The van der Waals surface area contributed by atoms with Gasteiger partial charge in [0.1, 0.15) is 0 Å². The van der Waals surface area contributed by atoms with Crippen molar-refractivity contribution >= 4 is 39.9 Å². The third-order valence-electron chi connectivity index (χ3n) is 2.55. The summed E-state index contributed by atoms with van der Waals surface area (Å²) in [7, 11) is 0. The summed E-state index contributed by atoms with van der Waals surface area (Å²) in [5.74, 6) is 0. The Hall–Kier alpha value is -0.580. The molecular weight excluding hydrogens is 332 g/mol. The molecule has 2 rings (SSSR count). The maximum atomic E-state index is 5.91. The number of halogens is 2. The van der Waals surface area contributed by atoms with Gasteiger partial charge in [0.05, 0.1) is 5.69 Å². The first-order chi connectivity index (χ1) is 8.26. The maximum Gasteiger partial charge on any atom is 0.185 e. The summed E-state index contributed by atoms with van der Waals surface area (Å²) >= 11 is 7.59. The third kappa shape index (κ3) is 3.25. The number of thiazole rings is 1. The van der Waals surface area contributed by atoms with E-state index in [0.717, 1.165) is 22.9 Å². The monoisotopic (exact) mass is 346 g/mol. The van der Waals surface area contributed by atoms with Gasteiger partial charge in [-0.3, -0.25) is 4.99 Å². The SMILES string of the molecule is Br.CCN=c1scc(-c2ccc(Cl)cc2)n1CC. The fourth-order valence-corrected chi connectivity index (χ4v) is 2.91. The first-order valence-electron chi connectivity index (χ1n) is 5.71. The summed E-state index contributed by atoms with van der Waals surface area (Å²) in [4.78, 5) is 5.58. The van der Waals surface area contributed by atoms with Gasteiger partial charge in [0, 0.05) is 23.5 Å². The molecule has 0 aliphatic heterocycles. The van der Waals surface area contributed by atoms with E-state index in [2.05, 4.69) is 28.8 Å². The highest BCUT2D eigenvalue weighted by Gasteiger charge is 2.05. The zero-order valence-electron chi connectivity index (χ0n) is 10.4. The molecule has 5 heteroatoms. The van der Waals surface area contributed by atoms with Crippen molar-refractivity contribution in [2.24, 2.45) is 4.99 Å². The molecule has 0 amide bonds. The van der Waals surface area contributed by atoms with Crippen molar-refractivity contribution in [3.05, 3.63) is 39.5 Å². The molecule has 0 aliphatic carbocycles. The van der Waals surface area contributed by atoms with E-state index in [1.165, 1.54) is 11.3 Å². The van der Waals surface area contributed by atoms with Crippen molar-refractivity contribution in [1.82, 2.24) is 4.57 Å². The first-order valence-corrected chi connectivity index (χ1v) is 6.96. The number of rotatable bonds is 3. The molecule has 2 aromatic rings. The Balaban J connectivity index is 0.00000162. The van der Waals surface area contributed by atoms with Gasteiger partial charge in [-0.15, -0.1) is 28.3 Å². The van der Waals surface area contributed by atoms with Crippen LogP contribution in [0.3, 0.4) is 0 Å². The fourth-order valence-electron chi connectivity index (χ4n) is 1.75. The van der Waals surface area contributed by atoms with E-state index in [4.69, 9.17) is 11.6 Å². The Kier molecular flexibility index (Phi) is 6.12. The molecule has 0 N–H and O–H groups in total. The lowest BCUT2D eigenvalue weighted by molar-refractivity contribution is 0.735. The summed E-state index contributed by atoms with van der Waals surface area (Å²) in [6.45, 7) is 5.95. The van der Waals surface area contributed by atoms with Crippen LogP contribution in [0.5, 0.6) is 0 Å². The Morgan fingerprint density at radius 1 is 1.22 bits per heavy atom. The van der Waals surface area contributed by atoms with Crippen LogP contribution >= 0.6 is 39.9 Å². The quantitative estimate of drug-likeness (QED) is 0.783. The number of hydrogen-bond donors (Lipinski definition) is 0. The molecular formula is C13H16BrClN2S. The second-order valence-electron chi connectivity index (χ2n) is 3.63. The van der Waals surface area contributed by atoms with Crippen LogP contribution in [0.25, 0.3) is 11.3 Å². The van der Waals surface area contributed by atoms with E-state index in [1.54, 1.807) is 11.3 Å². The zero-order chi connectivity index (χ0) is 12.3. The number of benzene rings is 1. The van der Waals surface area contributed by atoms with Crippen LogP contribution in [-0.4, -0.2) is 11.1 Å². The third-order valence-corrected chi connectivity index (χ3v) is 3.70. The molecule has 98 valence electrons. The topological polar surface area (TPSA) is 17.3 Å². The lowest BCUT2D eigenvalue weighted by Crippen LogP contribution is -2.14. The number of hydrogen-bond acceptors (Lipinski definition) is 2. The highest BCUT2D eigenvalue weighted by atomic mass is 79.9. The summed E-state index contributed by atoms with van der Waals surface area (Å²) in [6, 6.07) is 7.94. The normalized spacial score (nSPS) is 11.4. The minimum atomic E-state index is 0. The van der Waals surface area contributed by atoms with Gasteiger partial charge >= 0.3 is 0 Å². The van der Waals surface area contributed by atoms with Crippen LogP contribution in [0, 0.1) is 0 Å². The van der Waals surface area contributed by atoms with Crippen molar-refractivity contribution in [2.75, 3.05) is 6.54 Å². The van der Waals surface area contributed by atoms with Crippen LogP contribution in [0.2, 0.25) is 5.02 Å². The maximum absolute atomic E-state index is 5.91. The Morgan fingerprint density at radius 3 is 2.44 bits per heavy atom. The molecule has 0 saturated heterocycles. The van der Waals surface area contributed by atoms with E-state index in [-0.39, 0.29) is 17.0 Å². The summed E-state index contributed by atoms with van der Waals surface area (Å²) < 4.78 is 2.23. The van der Waals surface area contributed by atoms with Crippen LogP contribution < -0.4 is 4.80 Å². The highest BCUT2D eigenvalue weighted by Crippen LogP contribution is 2.22. The number of aromatic nitrogens is 1. The summed E-state index contributed by atoms with van der Waals surface area (Å²) in [5.41, 5.74) is 2.39. The van der Waals surface area contributed by atoms with Gasteiger partial charge in [0.15, 0.2) is 4.80 Å². The molecule has 0 fully saturated rings. The van der Waals surface area contributed by atoms with E-state index in [9.17, 15) is 0 Å². The highest BCUT2D eigenvalue weighted by molar-refractivity contribution is 8.93. The molecule has 18 heavy (non-hydrogen) atoms. The minimum absolute atomic E-state index is 0. The Morgan fingerprint density at radius 2 is 1.89 bits per heavy atom. The molecule has 0 spiro atoms. The molecule has 0 radical (unpaired) electrons. The minimum Gasteiger partial charge on any atom is -0.317 e. The molecule has 1 aromatic carbocycles. The smallest absolute Gasteiger partial charge is 0.185 e. The van der Waals surface area contributed by atoms with Crippen molar-refractivity contribution in [1.29, 1.82) is 0 Å². The first kappa shape index (κ1) is 15.5. The van der Waals surface area contributed by atoms with Gasteiger partial charge in [0.2, 0.25) is 0 Å². The van der Waals surface area contributed by atoms with Gasteiger partial charge in [-0.2, -0.15) is 0 Å². The van der Waals surface area contributed by atoms with Crippen molar-refractivity contribution in [2.45, 2.75) is 20.4 Å². The number of nitrogens with zero attached hydrogens (tertiary/aromatic N) is 2. The van der Waals surface area contributed by atoms with Crippen molar-refractivity contribution in [3.8, 4) is 11.3 Å². The van der Waals surface area contributed by atoms with Crippen LogP contribution in [0.15, 0.2) is 34.6 Å².